The average molecular weight is 354 g/mol. The van der Waals surface area contributed by atoms with Gasteiger partial charge < -0.3 is 16.8 Å². The van der Waals surface area contributed by atoms with Crippen LogP contribution < -0.4 is 16.8 Å². The number of hydrogen-bond acceptors (Lipinski definition) is 5. The van der Waals surface area contributed by atoms with E-state index in [4.69, 9.17) is 11.5 Å². The maximum Gasteiger partial charge on any atom is 0.177 e. The molecule has 1 aromatic carbocycles. The standard InChI is InChI=1S/C19H23FN6/c1-11-10-14(6-7-15(11)20)24-17-16(12-2-4-13(21)5-3-12)18(22)25-26-9-8-23-19(17)26/h6-10,12-13,24H,2-5,21H2,1H3,(H2,22,25)/t12-,13-. The molecule has 1 saturated carbocycles. The van der Waals surface area contributed by atoms with Crippen LogP contribution in [0.3, 0.4) is 0 Å². The molecule has 0 radical (unpaired) electrons. The number of nitrogen functional groups attached to an aromatic ring is 1. The predicted octanol–water partition coefficient (Wildman–Crippen LogP) is 3.49. The van der Waals surface area contributed by atoms with Crippen LogP contribution in [0.2, 0.25) is 0 Å². The Morgan fingerprint density at radius 1 is 1.23 bits per heavy atom. The second kappa shape index (κ2) is 6.57. The molecule has 2 heterocycles. The Balaban J connectivity index is 1.81. The Labute approximate surface area is 151 Å². The van der Waals surface area contributed by atoms with Gasteiger partial charge in [0.25, 0.3) is 0 Å². The highest BCUT2D eigenvalue weighted by Gasteiger charge is 2.27. The SMILES string of the molecule is Cc1cc(Nc2c3nccn3nc(N)c2[C@H]2CC[C@H](N)CC2)ccc1F. The third-order valence-electron chi connectivity index (χ3n) is 5.21. The van der Waals surface area contributed by atoms with Gasteiger partial charge in [0, 0.05) is 29.7 Å². The summed E-state index contributed by atoms with van der Waals surface area (Å²) < 4.78 is 15.3. The molecule has 0 spiro atoms. The first-order valence-corrected chi connectivity index (χ1v) is 8.94. The summed E-state index contributed by atoms with van der Waals surface area (Å²) >= 11 is 0. The van der Waals surface area contributed by atoms with Gasteiger partial charge in [-0.2, -0.15) is 0 Å². The molecule has 1 aliphatic rings. The molecule has 0 bridgehead atoms. The van der Waals surface area contributed by atoms with E-state index >= 15 is 0 Å². The van der Waals surface area contributed by atoms with Crippen LogP contribution in [0, 0.1) is 12.7 Å². The van der Waals surface area contributed by atoms with Gasteiger partial charge in [-0.15, -0.1) is 5.10 Å². The molecule has 7 heteroatoms. The quantitative estimate of drug-likeness (QED) is 0.669. The van der Waals surface area contributed by atoms with Gasteiger partial charge in [-0.05, 0) is 62.3 Å². The third-order valence-corrected chi connectivity index (χ3v) is 5.21. The van der Waals surface area contributed by atoms with Gasteiger partial charge in [0.1, 0.15) is 11.6 Å². The Bertz CT molecular complexity index is 943. The van der Waals surface area contributed by atoms with E-state index < -0.39 is 0 Å². The molecule has 0 unspecified atom stereocenters. The van der Waals surface area contributed by atoms with E-state index in [9.17, 15) is 4.39 Å². The van der Waals surface area contributed by atoms with Gasteiger partial charge in [-0.1, -0.05) is 0 Å². The number of aryl methyl sites for hydroxylation is 1. The van der Waals surface area contributed by atoms with Gasteiger partial charge in [-0.25, -0.2) is 13.9 Å². The fourth-order valence-electron chi connectivity index (χ4n) is 3.79. The molecule has 0 amide bonds. The van der Waals surface area contributed by atoms with Gasteiger partial charge in [-0.3, -0.25) is 0 Å². The third kappa shape index (κ3) is 2.99. The molecule has 0 saturated heterocycles. The Hall–Kier alpha value is -2.67. The van der Waals surface area contributed by atoms with Crippen molar-refractivity contribution in [3.63, 3.8) is 0 Å². The minimum absolute atomic E-state index is 0.225. The van der Waals surface area contributed by atoms with Crippen molar-refractivity contribution in [2.75, 3.05) is 11.1 Å². The highest BCUT2D eigenvalue weighted by molar-refractivity contribution is 5.80. The number of aromatic nitrogens is 3. The molecule has 5 N–H and O–H groups in total. The Kier molecular flexibility index (Phi) is 4.24. The number of nitrogens with two attached hydrogens (primary N) is 2. The minimum atomic E-state index is -0.225. The van der Waals surface area contributed by atoms with E-state index in [-0.39, 0.29) is 17.8 Å². The summed E-state index contributed by atoms with van der Waals surface area (Å²) in [5.74, 6) is 0.558. The normalized spacial score (nSPS) is 20.4. The summed E-state index contributed by atoms with van der Waals surface area (Å²) in [4.78, 5) is 4.45. The van der Waals surface area contributed by atoms with Crippen molar-refractivity contribution < 1.29 is 4.39 Å². The Morgan fingerprint density at radius 2 is 2.00 bits per heavy atom. The number of rotatable bonds is 3. The lowest BCUT2D eigenvalue weighted by Gasteiger charge is -2.28. The lowest BCUT2D eigenvalue weighted by molar-refractivity contribution is 0.396. The number of nitrogens with zero attached hydrogens (tertiary/aromatic N) is 3. The molecule has 6 nitrogen and oxygen atoms in total. The van der Waals surface area contributed by atoms with Gasteiger partial charge in [0.15, 0.2) is 5.65 Å². The first-order chi connectivity index (χ1) is 12.5. The van der Waals surface area contributed by atoms with Crippen LogP contribution in [0.1, 0.15) is 42.7 Å². The maximum absolute atomic E-state index is 13.6. The van der Waals surface area contributed by atoms with E-state index in [1.165, 1.54) is 6.07 Å². The van der Waals surface area contributed by atoms with E-state index in [1.54, 1.807) is 36.0 Å². The van der Waals surface area contributed by atoms with Crippen molar-refractivity contribution in [2.45, 2.75) is 44.6 Å². The van der Waals surface area contributed by atoms with Crippen molar-refractivity contribution >= 4 is 22.8 Å². The summed E-state index contributed by atoms with van der Waals surface area (Å²) in [5.41, 5.74) is 16.3. The fraction of sp³-hybridized carbons (Fsp3) is 0.368. The van der Waals surface area contributed by atoms with Gasteiger partial charge in [0.05, 0.1) is 5.69 Å². The van der Waals surface area contributed by atoms with Gasteiger partial charge >= 0.3 is 0 Å². The fourth-order valence-corrected chi connectivity index (χ4v) is 3.79. The number of nitrogens with one attached hydrogen (secondary N) is 1. The zero-order chi connectivity index (χ0) is 18.3. The lowest BCUT2D eigenvalue weighted by atomic mass is 9.81. The van der Waals surface area contributed by atoms with Crippen molar-refractivity contribution in [3.05, 3.63) is 47.5 Å². The minimum Gasteiger partial charge on any atom is -0.382 e. The van der Waals surface area contributed by atoms with Crippen LogP contribution in [0.4, 0.5) is 21.6 Å². The summed E-state index contributed by atoms with van der Waals surface area (Å²) in [6.07, 6.45) is 7.36. The molecule has 0 aliphatic heterocycles. The maximum atomic E-state index is 13.6. The Morgan fingerprint density at radius 3 is 2.73 bits per heavy atom. The topological polar surface area (TPSA) is 94.3 Å². The molecule has 3 aromatic rings. The van der Waals surface area contributed by atoms with Crippen LogP contribution in [-0.2, 0) is 0 Å². The lowest BCUT2D eigenvalue weighted by Crippen LogP contribution is -2.26. The van der Waals surface area contributed by atoms with Crippen LogP contribution >= 0.6 is 0 Å². The smallest absolute Gasteiger partial charge is 0.177 e. The van der Waals surface area contributed by atoms with E-state index in [2.05, 4.69) is 15.4 Å². The molecule has 4 rings (SSSR count). The van der Waals surface area contributed by atoms with Crippen LogP contribution in [0.25, 0.3) is 5.65 Å². The van der Waals surface area contributed by atoms with Crippen LogP contribution in [0.5, 0.6) is 0 Å². The molecule has 26 heavy (non-hydrogen) atoms. The first kappa shape index (κ1) is 16.8. The largest absolute Gasteiger partial charge is 0.382 e. The number of halogens is 1. The van der Waals surface area contributed by atoms with E-state index in [0.717, 1.165) is 42.6 Å². The highest BCUT2D eigenvalue weighted by atomic mass is 19.1. The first-order valence-electron chi connectivity index (χ1n) is 8.94. The molecule has 2 aromatic heterocycles. The number of benzene rings is 1. The van der Waals surface area contributed by atoms with E-state index in [1.807, 2.05) is 0 Å². The van der Waals surface area contributed by atoms with Crippen LogP contribution in [-0.4, -0.2) is 20.6 Å². The zero-order valence-electron chi connectivity index (χ0n) is 14.7. The second-order valence-electron chi connectivity index (χ2n) is 7.07. The van der Waals surface area contributed by atoms with Gasteiger partial charge in [0.2, 0.25) is 0 Å². The van der Waals surface area contributed by atoms with Crippen molar-refractivity contribution in [1.29, 1.82) is 0 Å². The molecule has 1 aliphatic carbocycles. The van der Waals surface area contributed by atoms with E-state index in [0.29, 0.717) is 17.0 Å². The molecule has 136 valence electrons. The molecular weight excluding hydrogens is 331 g/mol. The number of hydrogen-bond donors (Lipinski definition) is 3. The molecule has 0 atom stereocenters. The highest BCUT2D eigenvalue weighted by Crippen LogP contribution is 2.41. The summed E-state index contributed by atoms with van der Waals surface area (Å²) in [6, 6.07) is 5.22. The average Bonchev–Trinajstić information content (AvgIpc) is 3.07. The van der Waals surface area contributed by atoms with Crippen LogP contribution in [0.15, 0.2) is 30.6 Å². The number of imidazole rings is 1. The molecule has 1 fully saturated rings. The van der Waals surface area contributed by atoms with Crippen molar-refractivity contribution in [2.24, 2.45) is 5.73 Å². The zero-order valence-corrected chi connectivity index (χ0v) is 14.7. The monoisotopic (exact) mass is 354 g/mol. The van der Waals surface area contributed by atoms with Crippen molar-refractivity contribution in [3.8, 4) is 0 Å². The predicted molar refractivity (Wildman–Crippen MR) is 101 cm³/mol. The number of fused-ring (bicyclic) bond motifs is 1. The summed E-state index contributed by atoms with van der Waals surface area (Å²) in [6.45, 7) is 1.75. The second-order valence-corrected chi connectivity index (χ2v) is 7.07. The summed E-state index contributed by atoms with van der Waals surface area (Å²) in [5, 5.41) is 7.88. The van der Waals surface area contributed by atoms with Crippen molar-refractivity contribution in [1.82, 2.24) is 14.6 Å². The summed E-state index contributed by atoms with van der Waals surface area (Å²) in [7, 11) is 0. The number of anilines is 3. The molecular formula is C19H23FN6.